The standard InChI is InChI=1S/C30H29Cl2N2O3/c31-26-12-11-24(17-27(26)32)36-28-20-34(15-13-21(28)14-16-34)19-25-18-33-29(37-25)30(35,22-7-3-1-4-8-22)23-9-5-2-6-10-23/h1-12,17-18,21,28,35H,13-16,19-20H2/q+1. The van der Waals surface area contributed by atoms with E-state index in [4.69, 9.17) is 32.4 Å². The van der Waals surface area contributed by atoms with Gasteiger partial charge in [0, 0.05) is 24.8 Å². The molecule has 1 aromatic heterocycles. The van der Waals surface area contributed by atoms with E-state index in [2.05, 4.69) is 4.98 Å². The van der Waals surface area contributed by atoms with E-state index in [1.807, 2.05) is 66.7 Å². The Kier molecular flexibility index (Phi) is 6.49. The highest BCUT2D eigenvalue weighted by Gasteiger charge is 2.48. The van der Waals surface area contributed by atoms with Crippen molar-refractivity contribution >= 4 is 23.2 Å². The number of nitrogens with zero attached hydrogens (tertiary/aromatic N) is 2. The first-order chi connectivity index (χ1) is 18.0. The van der Waals surface area contributed by atoms with E-state index < -0.39 is 5.60 Å². The highest BCUT2D eigenvalue weighted by molar-refractivity contribution is 6.42. The summed E-state index contributed by atoms with van der Waals surface area (Å²) >= 11 is 12.3. The van der Waals surface area contributed by atoms with Crippen LogP contribution in [0.2, 0.25) is 10.0 Å². The van der Waals surface area contributed by atoms with E-state index >= 15 is 0 Å². The van der Waals surface area contributed by atoms with Crippen LogP contribution in [0.5, 0.6) is 5.75 Å². The molecule has 7 heteroatoms. The first kappa shape index (κ1) is 24.5. The van der Waals surface area contributed by atoms with Gasteiger partial charge in [0.05, 0.1) is 29.3 Å². The van der Waals surface area contributed by atoms with Crippen molar-refractivity contribution < 1.29 is 18.7 Å². The molecule has 190 valence electrons. The highest BCUT2D eigenvalue weighted by Crippen LogP contribution is 2.40. The second kappa shape index (κ2) is 9.80. The molecule has 0 saturated carbocycles. The SMILES string of the molecule is OC(c1ccccc1)(c1ccccc1)c1ncc(C[N+]23CCC(CC2)C(Oc2ccc(Cl)c(Cl)c2)C3)o1. The first-order valence-corrected chi connectivity index (χ1v) is 13.5. The van der Waals surface area contributed by atoms with Gasteiger partial charge in [-0.15, -0.1) is 0 Å². The van der Waals surface area contributed by atoms with Gasteiger partial charge in [-0.2, -0.15) is 0 Å². The molecule has 37 heavy (non-hydrogen) atoms. The maximum Gasteiger partial charge on any atom is 0.236 e. The summed E-state index contributed by atoms with van der Waals surface area (Å²) in [6, 6.07) is 24.6. The molecule has 0 radical (unpaired) electrons. The number of aromatic nitrogens is 1. The number of halogens is 2. The molecule has 0 spiro atoms. The van der Waals surface area contributed by atoms with Crippen LogP contribution in [-0.2, 0) is 12.1 Å². The van der Waals surface area contributed by atoms with Gasteiger partial charge in [-0.05, 0) is 23.3 Å². The average Bonchev–Trinajstić information content (AvgIpc) is 3.40. The first-order valence-electron chi connectivity index (χ1n) is 12.7. The van der Waals surface area contributed by atoms with Crippen molar-refractivity contribution in [2.24, 2.45) is 5.92 Å². The number of benzene rings is 3. The summed E-state index contributed by atoms with van der Waals surface area (Å²) in [5.41, 5.74) is -0.0409. The van der Waals surface area contributed by atoms with Crippen LogP contribution in [-0.4, -0.2) is 40.3 Å². The molecule has 4 aromatic rings. The number of hydrogen-bond acceptors (Lipinski definition) is 4. The summed E-state index contributed by atoms with van der Waals surface area (Å²) in [7, 11) is 0. The predicted molar refractivity (Wildman–Crippen MR) is 144 cm³/mol. The topological polar surface area (TPSA) is 55.5 Å². The second-order valence-corrected chi connectivity index (χ2v) is 11.1. The van der Waals surface area contributed by atoms with E-state index in [9.17, 15) is 5.11 Å². The quantitative estimate of drug-likeness (QED) is 0.276. The van der Waals surface area contributed by atoms with Crippen LogP contribution < -0.4 is 4.74 Å². The highest BCUT2D eigenvalue weighted by atomic mass is 35.5. The van der Waals surface area contributed by atoms with Crippen molar-refractivity contribution in [3.8, 4) is 5.75 Å². The second-order valence-electron chi connectivity index (χ2n) is 10.3. The Labute approximate surface area is 226 Å². The number of oxazole rings is 1. The van der Waals surface area contributed by atoms with Gasteiger partial charge in [0.25, 0.3) is 0 Å². The minimum Gasteiger partial charge on any atom is -0.484 e. The summed E-state index contributed by atoms with van der Waals surface area (Å²) in [5.74, 6) is 2.34. The number of fused-ring (bicyclic) bond motifs is 3. The molecule has 3 aliphatic heterocycles. The van der Waals surface area contributed by atoms with Gasteiger partial charge in [-0.25, -0.2) is 4.98 Å². The van der Waals surface area contributed by atoms with Gasteiger partial charge in [0.1, 0.15) is 18.8 Å². The monoisotopic (exact) mass is 535 g/mol. The minimum absolute atomic E-state index is 0.104. The van der Waals surface area contributed by atoms with E-state index in [1.54, 1.807) is 18.3 Å². The van der Waals surface area contributed by atoms with Gasteiger partial charge in [0.2, 0.25) is 5.89 Å². The predicted octanol–water partition coefficient (Wildman–Crippen LogP) is 6.45. The molecule has 3 aliphatic rings. The molecule has 1 unspecified atom stereocenters. The molecule has 3 aromatic carbocycles. The van der Waals surface area contributed by atoms with Gasteiger partial charge < -0.3 is 18.7 Å². The van der Waals surface area contributed by atoms with Gasteiger partial charge in [-0.3, -0.25) is 0 Å². The molecule has 2 bridgehead atoms. The number of aliphatic hydroxyl groups is 1. The third kappa shape index (κ3) is 4.66. The van der Waals surface area contributed by atoms with Gasteiger partial charge in [-0.1, -0.05) is 83.9 Å². The normalized spacial score (nSPS) is 23.2. The lowest BCUT2D eigenvalue weighted by Crippen LogP contribution is -2.64. The largest absolute Gasteiger partial charge is 0.484 e. The Morgan fingerprint density at radius 1 is 0.919 bits per heavy atom. The van der Waals surface area contributed by atoms with Crippen LogP contribution in [0.4, 0.5) is 0 Å². The maximum absolute atomic E-state index is 12.0. The van der Waals surface area contributed by atoms with Crippen LogP contribution in [0.15, 0.2) is 89.5 Å². The van der Waals surface area contributed by atoms with E-state index in [1.165, 1.54) is 0 Å². The number of ether oxygens (including phenoxy) is 1. The fraction of sp³-hybridized carbons (Fsp3) is 0.300. The molecular weight excluding hydrogens is 507 g/mol. The molecule has 1 N–H and O–H groups in total. The summed E-state index contributed by atoms with van der Waals surface area (Å²) in [4.78, 5) is 4.60. The van der Waals surface area contributed by atoms with Crippen molar-refractivity contribution in [1.29, 1.82) is 0 Å². The molecule has 0 amide bonds. The summed E-state index contributed by atoms with van der Waals surface area (Å²) in [5, 5.41) is 13.0. The zero-order chi connectivity index (χ0) is 25.5. The zero-order valence-corrected chi connectivity index (χ0v) is 21.9. The maximum atomic E-state index is 12.0. The Morgan fingerprint density at radius 3 is 2.19 bits per heavy atom. The van der Waals surface area contributed by atoms with Crippen molar-refractivity contribution in [2.75, 3.05) is 19.6 Å². The van der Waals surface area contributed by atoms with Crippen LogP contribution in [0.3, 0.4) is 0 Å². The minimum atomic E-state index is -1.48. The van der Waals surface area contributed by atoms with Crippen LogP contribution in [0.1, 0.15) is 35.6 Å². The molecule has 5 nitrogen and oxygen atoms in total. The smallest absolute Gasteiger partial charge is 0.236 e. The zero-order valence-electron chi connectivity index (χ0n) is 20.4. The fourth-order valence-corrected chi connectivity index (χ4v) is 6.24. The van der Waals surface area contributed by atoms with Crippen LogP contribution in [0, 0.1) is 5.92 Å². The molecule has 7 rings (SSSR count). The lowest BCUT2D eigenvalue weighted by molar-refractivity contribution is -0.958. The Morgan fingerprint density at radius 2 is 1.57 bits per heavy atom. The van der Waals surface area contributed by atoms with Gasteiger partial charge >= 0.3 is 0 Å². The number of quaternary nitrogens is 1. The van der Waals surface area contributed by atoms with Crippen molar-refractivity contribution in [3.05, 3.63) is 118 Å². The molecular formula is C30H29Cl2N2O3+. The fourth-order valence-electron chi connectivity index (χ4n) is 5.95. The Hall–Kier alpha value is -2.83. The van der Waals surface area contributed by atoms with Gasteiger partial charge in [0.15, 0.2) is 17.5 Å². The van der Waals surface area contributed by atoms with Crippen molar-refractivity contribution in [1.82, 2.24) is 4.98 Å². The van der Waals surface area contributed by atoms with E-state index in [0.29, 0.717) is 22.5 Å². The Bertz CT molecular complexity index is 1330. The third-order valence-electron chi connectivity index (χ3n) is 7.96. The van der Waals surface area contributed by atoms with E-state index in [-0.39, 0.29) is 12.0 Å². The Balaban J connectivity index is 1.25. The van der Waals surface area contributed by atoms with Crippen molar-refractivity contribution in [3.63, 3.8) is 0 Å². The number of hydrogen-bond donors (Lipinski definition) is 1. The molecule has 3 fully saturated rings. The molecule has 1 atom stereocenters. The summed E-state index contributed by atoms with van der Waals surface area (Å²) in [6.07, 6.45) is 4.08. The average molecular weight is 536 g/mol. The molecule has 0 aliphatic carbocycles. The molecule has 4 heterocycles. The number of rotatable bonds is 7. The molecule has 3 saturated heterocycles. The van der Waals surface area contributed by atoms with Crippen LogP contribution in [0.25, 0.3) is 0 Å². The summed E-state index contributed by atoms with van der Waals surface area (Å²) < 4.78 is 13.6. The lowest BCUT2D eigenvalue weighted by Gasteiger charge is -2.51. The van der Waals surface area contributed by atoms with Crippen molar-refractivity contribution in [2.45, 2.75) is 31.1 Å². The van der Waals surface area contributed by atoms with Crippen LogP contribution >= 0.6 is 23.2 Å². The third-order valence-corrected chi connectivity index (χ3v) is 8.70. The lowest BCUT2D eigenvalue weighted by atomic mass is 9.83. The van der Waals surface area contributed by atoms with E-state index in [0.717, 1.165) is 59.6 Å². The summed E-state index contributed by atoms with van der Waals surface area (Å²) in [6.45, 7) is 3.75. The number of piperidine rings is 3.